The first-order valence-electron chi connectivity index (χ1n) is 12.5. The second-order valence-corrected chi connectivity index (χ2v) is 11.7. The van der Waals surface area contributed by atoms with E-state index in [-0.39, 0.29) is 30.2 Å². The van der Waals surface area contributed by atoms with Crippen LogP contribution in [0.5, 0.6) is 0 Å². The van der Waals surface area contributed by atoms with Crippen LogP contribution >= 0.6 is 11.6 Å². The van der Waals surface area contributed by atoms with Crippen molar-refractivity contribution in [3.63, 3.8) is 0 Å². The summed E-state index contributed by atoms with van der Waals surface area (Å²) in [7, 11) is 0. The minimum Gasteiger partial charge on any atom is -0.458 e. The summed E-state index contributed by atoms with van der Waals surface area (Å²) in [5.41, 5.74) is 5.07. The molecule has 1 aromatic carbocycles. The summed E-state index contributed by atoms with van der Waals surface area (Å²) in [6.07, 6.45) is 1.92. The maximum Gasteiger partial charge on any atom is 0.343 e. The highest BCUT2D eigenvalue weighted by molar-refractivity contribution is 6.32. The van der Waals surface area contributed by atoms with E-state index in [2.05, 4.69) is 33.0 Å². The van der Waals surface area contributed by atoms with Crippen molar-refractivity contribution < 1.29 is 14.6 Å². The molecule has 8 heteroatoms. The fourth-order valence-electron chi connectivity index (χ4n) is 6.22. The Balaban J connectivity index is 1.67. The molecule has 0 unspecified atom stereocenters. The number of carbonyl (C=O) groups is 1. The zero-order valence-electron chi connectivity index (χ0n) is 21.2. The van der Waals surface area contributed by atoms with Crippen molar-refractivity contribution in [2.75, 3.05) is 0 Å². The predicted molar refractivity (Wildman–Crippen MR) is 138 cm³/mol. The van der Waals surface area contributed by atoms with Gasteiger partial charge in [0.15, 0.2) is 5.60 Å². The molecular weight excluding hydrogens is 478 g/mol. The number of ether oxygens (including phenoxy) is 1. The number of rotatable bonds is 2. The maximum absolute atomic E-state index is 13.7. The highest BCUT2D eigenvalue weighted by atomic mass is 35.5. The lowest BCUT2D eigenvalue weighted by molar-refractivity contribution is -0.172. The number of nitrogens with zero attached hydrogens (tertiary/aromatic N) is 2. The third-order valence-electron chi connectivity index (χ3n) is 7.99. The fraction of sp³-hybridized carbons (Fsp3) is 0.464. The highest BCUT2D eigenvalue weighted by Gasteiger charge is 2.46. The quantitative estimate of drug-likeness (QED) is 0.390. The first-order chi connectivity index (χ1) is 16.9. The van der Waals surface area contributed by atoms with Gasteiger partial charge in [-0.15, -0.1) is 0 Å². The minimum atomic E-state index is -1.85. The number of pyridine rings is 2. The summed E-state index contributed by atoms with van der Waals surface area (Å²) in [5, 5.41) is 16.8. The summed E-state index contributed by atoms with van der Waals surface area (Å²) in [4.78, 5) is 31.2. The third-order valence-corrected chi connectivity index (χ3v) is 8.38. The van der Waals surface area contributed by atoms with Crippen molar-refractivity contribution in [3.8, 4) is 11.4 Å². The molecule has 2 atom stereocenters. The van der Waals surface area contributed by atoms with Gasteiger partial charge in [-0.1, -0.05) is 18.5 Å². The van der Waals surface area contributed by atoms with Crippen LogP contribution in [-0.2, 0) is 34.7 Å². The van der Waals surface area contributed by atoms with Gasteiger partial charge in [0.1, 0.15) is 6.61 Å². The van der Waals surface area contributed by atoms with E-state index in [4.69, 9.17) is 21.3 Å². The number of carbonyl (C=O) groups excluding carboxylic acids is 1. The minimum absolute atomic E-state index is 0.0921. The third kappa shape index (κ3) is 3.15. The molecular formula is C28H30ClN3O4. The number of benzene rings is 1. The summed E-state index contributed by atoms with van der Waals surface area (Å²) in [6, 6.07) is 3.77. The van der Waals surface area contributed by atoms with Crippen LogP contribution in [0.3, 0.4) is 0 Å². The second-order valence-electron chi connectivity index (χ2n) is 11.3. The number of hydrogen-bond acceptors (Lipinski definition) is 6. The SMILES string of the molecule is CC[C@@]1(O)C(=O)OCc2c1cc1n(c2=O)Cc2c-1nc1cc(Cl)c(C)c3c1c2[C@H](NC(C)(C)C)CC3. The average molecular weight is 508 g/mol. The Bertz CT molecular complexity index is 1550. The molecule has 36 heavy (non-hydrogen) atoms. The van der Waals surface area contributed by atoms with Gasteiger partial charge in [-0.05, 0) is 75.8 Å². The van der Waals surface area contributed by atoms with Gasteiger partial charge in [0.2, 0.25) is 0 Å². The summed E-state index contributed by atoms with van der Waals surface area (Å²) >= 11 is 6.64. The number of aryl methyl sites for hydroxylation is 1. The molecule has 0 bridgehead atoms. The fourth-order valence-corrected chi connectivity index (χ4v) is 6.44. The van der Waals surface area contributed by atoms with Crippen LogP contribution in [0.15, 0.2) is 16.9 Å². The van der Waals surface area contributed by atoms with Crippen molar-refractivity contribution in [3.05, 3.63) is 60.9 Å². The molecule has 4 heterocycles. The lowest BCUT2D eigenvalue weighted by atomic mass is 9.81. The molecule has 3 aromatic rings. The molecule has 0 fully saturated rings. The van der Waals surface area contributed by atoms with Crippen LogP contribution in [0.4, 0.5) is 0 Å². The molecule has 6 rings (SSSR count). The Kier molecular flexibility index (Phi) is 5.01. The van der Waals surface area contributed by atoms with Crippen molar-refractivity contribution >= 4 is 28.5 Å². The van der Waals surface area contributed by atoms with Gasteiger partial charge in [0, 0.05) is 33.1 Å². The first kappa shape index (κ1) is 23.6. The van der Waals surface area contributed by atoms with E-state index in [9.17, 15) is 14.7 Å². The Morgan fingerprint density at radius 1 is 1.25 bits per heavy atom. The molecule has 2 aliphatic heterocycles. The largest absolute Gasteiger partial charge is 0.458 e. The molecule has 0 spiro atoms. The zero-order valence-corrected chi connectivity index (χ0v) is 22.0. The summed E-state index contributed by atoms with van der Waals surface area (Å²) < 4.78 is 6.92. The Morgan fingerprint density at radius 3 is 2.69 bits per heavy atom. The Hall–Kier alpha value is -2.74. The van der Waals surface area contributed by atoms with Crippen molar-refractivity contribution in [1.82, 2.24) is 14.9 Å². The van der Waals surface area contributed by atoms with E-state index >= 15 is 0 Å². The zero-order chi connectivity index (χ0) is 25.7. The van der Waals surface area contributed by atoms with Gasteiger partial charge in [-0.3, -0.25) is 4.79 Å². The number of aromatic nitrogens is 2. The number of halogens is 1. The van der Waals surface area contributed by atoms with E-state index in [0.29, 0.717) is 34.1 Å². The number of esters is 1. The van der Waals surface area contributed by atoms with Gasteiger partial charge in [0.25, 0.3) is 5.56 Å². The molecule has 7 nitrogen and oxygen atoms in total. The lowest BCUT2D eigenvalue weighted by Gasteiger charge is -2.34. The van der Waals surface area contributed by atoms with E-state index in [1.165, 1.54) is 11.1 Å². The van der Waals surface area contributed by atoms with Gasteiger partial charge >= 0.3 is 5.97 Å². The maximum atomic E-state index is 13.7. The van der Waals surface area contributed by atoms with Gasteiger partial charge in [0.05, 0.1) is 29.0 Å². The monoisotopic (exact) mass is 507 g/mol. The first-order valence-corrected chi connectivity index (χ1v) is 12.9. The number of fused-ring (bicyclic) bond motifs is 5. The van der Waals surface area contributed by atoms with Crippen LogP contribution in [0.1, 0.15) is 80.0 Å². The van der Waals surface area contributed by atoms with Crippen LogP contribution in [0.25, 0.3) is 22.3 Å². The highest BCUT2D eigenvalue weighted by Crippen LogP contribution is 2.46. The predicted octanol–water partition coefficient (Wildman–Crippen LogP) is 4.42. The lowest BCUT2D eigenvalue weighted by Crippen LogP contribution is -2.44. The summed E-state index contributed by atoms with van der Waals surface area (Å²) in [6.45, 7) is 10.5. The molecule has 0 amide bonds. The van der Waals surface area contributed by atoms with E-state index in [1.807, 2.05) is 6.07 Å². The van der Waals surface area contributed by atoms with Crippen LogP contribution in [0.2, 0.25) is 5.02 Å². The molecule has 2 N–H and O–H groups in total. The average Bonchev–Trinajstić information content (AvgIpc) is 3.18. The second kappa shape index (κ2) is 7.63. The van der Waals surface area contributed by atoms with Crippen molar-refractivity contribution in [2.24, 2.45) is 0 Å². The Morgan fingerprint density at radius 2 is 2.00 bits per heavy atom. The van der Waals surface area contributed by atoms with Crippen molar-refractivity contribution in [2.45, 2.75) is 84.2 Å². The van der Waals surface area contributed by atoms with Crippen LogP contribution in [0, 0.1) is 6.92 Å². The number of aliphatic hydroxyl groups is 1. The molecule has 0 saturated carbocycles. The number of cyclic esters (lactones) is 1. The molecule has 0 radical (unpaired) electrons. The van der Waals surface area contributed by atoms with E-state index < -0.39 is 11.6 Å². The van der Waals surface area contributed by atoms with Gasteiger partial charge < -0.3 is 19.7 Å². The Labute approximate surface area is 214 Å². The smallest absolute Gasteiger partial charge is 0.343 e. The topological polar surface area (TPSA) is 93.5 Å². The van der Waals surface area contributed by atoms with Gasteiger partial charge in [-0.25, -0.2) is 9.78 Å². The van der Waals surface area contributed by atoms with Crippen LogP contribution in [-0.4, -0.2) is 26.2 Å². The standard InChI is InChI=1S/C28H30ClN3O4/c1-6-28(35)17-9-21-24-15(11-32(21)25(33)16(17)12-36-26(28)34)23-19(31-27(3,4)5)8-7-14-13(2)18(29)10-20(30-24)22(14)23/h9-10,19,31,35H,6-8,11-12H2,1-5H3/t19-,28+/m1/s1. The molecule has 3 aliphatic rings. The molecule has 188 valence electrons. The molecule has 2 aromatic heterocycles. The van der Waals surface area contributed by atoms with Crippen molar-refractivity contribution in [1.29, 1.82) is 0 Å². The number of nitrogens with one attached hydrogen (secondary N) is 1. The van der Waals surface area contributed by atoms with E-state index in [1.54, 1.807) is 17.6 Å². The molecule has 1 aliphatic carbocycles. The van der Waals surface area contributed by atoms with Gasteiger partial charge in [-0.2, -0.15) is 0 Å². The summed E-state index contributed by atoms with van der Waals surface area (Å²) in [5.74, 6) is -0.719. The molecule has 0 saturated heterocycles. The number of hydrogen-bond donors (Lipinski definition) is 2. The van der Waals surface area contributed by atoms with E-state index in [0.717, 1.165) is 34.9 Å². The normalized spacial score (nSPS) is 22.3. The van der Waals surface area contributed by atoms with Crippen LogP contribution < -0.4 is 10.9 Å².